The summed E-state index contributed by atoms with van der Waals surface area (Å²) in [5.74, 6) is 1.25. The minimum absolute atomic E-state index is 0.0673. The van der Waals surface area contributed by atoms with E-state index < -0.39 is 0 Å². The van der Waals surface area contributed by atoms with E-state index in [0.717, 1.165) is 64.3 Å². The fourth-order valence-electron chi connectivity index (χ4n) is 3.91. The Morgan fingerprint density at radius 1 is 0.875 bits per heavy atom. The highest BCUT2D eigenvalue weighted by Crippen LogP contribution is 2.28. The van der Waals surface area contributed by atoms with Crippen molar-refractivity contribution < 1.29 is 9.59 Å². The second-order valence-corrected chi connectivity index (χ2v) is 7.91. The Hall–Kier alpha value is -1.10. The summed E-state index contributed by atoms with van der Waals surface area (Å²) in [4.78, 5) is 29.2. The lowest BCUT2D eigenvalue weighted by Gasteiger charge is -2.33. The van der Waals surface area contributed by atoms with Crippen molar-refractivity contribution in [2.45, 2.75) is 57.8 Å². The van der Waals surface area contributed by atoms with Crippen LogP contribution in [0.5, 0.6) is 0 Å². The molecule has 0 unspecified atom stereocenters. The van der Waals surface area contributed by atoms with E-state index in [1.807, 2.05) is 0 Å². The number of amides is 2. The molecular formula is C19H33N3O2. The van der Waals surface area contributed by atoms with Gasteiger partial charge in [0.25, 0.3) is 0 Å². The molecule has 5 heteroatoms. The molecule has 3 aliphatic rings. The van der Waals surface area contributed by atoms with Crippen molar-refractivity contribution in [2.24, 2.45) is 11.8 Å². The zero-order chi connectivity index (χ0) is 16.8. The number of carbonyl (C=O) groups excluding carboxylic acids is 2. The van der Waals surface area contributed by atoms with Crippen LogP contribution in [0.2, 0.25) is 0 Å². The van der Waals surface area contributed by atoms with Crippen LogP contribution in [0.4, 0.5) is 0 Å². The highest BCUT2D eigenvalue weighted by atomic mass is 16.2. The van der Waals surface area contributed by atoms with E-state index in [-0.39, 0.29) is 17.7 Å². The van der Waals surface area contributed by atoms with Crippen molar-refractivity contribution in [1.29, 1.82) is 0 Å². The van der Waals surface area contributed by atoms with Crippen molar-refractivity contribution in [3.05, 3.63) is 0 Å². The molecule has 3 rings (SSSR count). The summed E-state index contributed by atoms with van der Waals surface area (Å²) in [6.45, 7) is 4.87. The fraction of sp³-hybridized carbons (Fsp3) is 0.895. The van der Waals surface area contributed by atoms with Gasteiger partial charge in [0, 0.05) is 26.2 Å². The summed E-state index contributed by atoms with van der Waals surface area (Å²) in [6, 6.07) is 0. The van der Waals surface area contributed by atoms with Crippen molar-refractivity contribution in [3.63, 3.8) is 0 Å². The molecular weight excluding hydrogens is 302 g/mol. The molecule has 1 N–H and O–H groups in total. The molecule has 2 aliphatic heterocycles. The highest BCUT2D eigenvalue weighted by molar-refractivity contribution is 5.80. The Balaban J connectivity index is 1.43. The van der Waals surface area contributed by atoms with E-state index in [4.69, 9.17) is 0 Å². The molecule has 0 bridgehead atoms. The van der Waals surface area contributed by atoms with Crippen molar-refractivity contribution >= 4 is 11.8 Å². The van der Waals surface area contributed by atoms with Crippen LogP contribution in [0.3, 0.4) is 0 Å². The molecule has 1 aliphatic carbocycles. The van der Waals surface area contributed by atoms with Crippen LogP contribution in [-0.4, -0.2) is 60.9 Å². The van der Waals surface area contributed by atoms with E-state index in [0.29, 0.717) is 6.54 Å². The molecule has 2 heterocycles. The van der Waals surface area contributed by atoms with Gasteiger partial charge in [-0.25, -0.2) is 0 Å². The maximum atomic E-state index is 12.6. The number of hydrogen-bond acceptors (Lipinski definition) is 3. The Morgan fingerprint density at radius 2 is 1.58 bits per heavy atom. The lowest BCUT2D eigenvalue weighted by Crippen LogP contribution is -2.48. The zero-order valence-electron chi connectivity index (χ0n) is 15.0. The normalized spacial score (nSPS) is 26.5. The fourth-order valence-corrected chi connectivity index (χ4v) is 3.91. The van der Waals surface area contributed by atoms with Gasteiger partial charge in [-0.3, -0.25) is 14.5 Å². The molecule has 136 valence electrons. The average Bonchev–Trinajstić information content (AvgIpc) is 3.36. The molecule has 0 aromatic carbocycles. The third-order valence-electron chi connectivity index (χ3n) is 5.71. The van der Waals surface area contributed by atoms with E-state index in [9.17, 15) is 9.59 Å². The van der Waals surface area contributed by atoms with Gasteiger partial charge >= 0.3 is 0 Å². The van der Waals surface area contributed by atoms with Crippen LogP contribution in [0.25, 0.3) is 0 Å². The van der Waals surface area contributed by atoms with Crippen LogP contribution < -0.4 is 5.32 Å². The first-order valence-electron chi connectivity index (χ1n) is 10.0. The molecule has 2 saturated heterocycles. The topological polar surface area (TPSA) is 52.7 Å². The van der Waals surface area contributed by atoms with Crippen molar-refractivity contribution in [1.82, 2.24) is 15.1 Å². The van der Waals surface area contributed by atoms with Gasteiger partial charge in [0.1, 0.15) is 0 Å². The minimum atomic E-state index is 0.0673. The lowest BCUT2D eigenvalue weighted by atomic mass is 9.97. The summed E-state index contributed by atoms with van der Waals surface area (Å²) in [6.07, 6.45) is 10.6. The Labute approximate surface area is 146 Å². The quantitative estimate of drug-likeness (QED) is 0.836. The summed E-state index contributed by atoms with van der Waals surface area (Å²) in [5.41, 5.74) is 0. The molecule has 1 saturated carbocycles. The maximum absolute atomic E-state index is 12.6. The number of nitrogens with one attached hydrogen (secondary N) is 1. The molecule has 24 heavy (non-hydrogen) atoms. The van der Waals surface area contributed by atoms with Crippen molar-refractivity contribution in [2.75, 3.05) is 39.3 Å². The number of piperidine rings is 1. The monoisotopic (exact) mass is 335 g/mol. The SMILES string of the molecule is O=C(NCC1CC1)[C@@H]1CCCN(CC(=O)N2CCCCCCC2)C1. The standard InChI is InChI=1S/C19H33N3O2/c23-18(22-11-4-2-1-3-5-12-22)15-21-10-6-7-17(14-21)19(24)20-13-16-8-9-16/h16-17H,1-15H2,(H,20,24)/t17-/m1/s1. The van der Waals surface area contributed by atoms with E-state index in [1.54, 1.807) is 0 Å². The predicted molar refractivity (Wildman–Crippen MR) is 94.6 cm³/mol. The molecule has 5 nitrogen and oxygen atoms in total. The number of likely N-dealkylation sites (tertiary alicyclic amines) is 2. The van der Waals surface area contributed by atoms with Crippen LogP contribution in [0.15, 0.2) is 0 Å². The van der Waals surface area contributed by atoms with E-state index >= 15 is 0 Å². The lowest BCUT2D eigenvalue weighted by molar-refractivity contribution is -0.135. The molecule has 0 radical (unpaired) electrons. The van der Waals surface area contributed by atoms with Gasteiger partial charge < -0.3 is 10.2 Å². The van der Waals surface area contributed by atoms with Crippen LogP contribution >= 0.6 is 0 Å². The summed E-state index contributed by atoms with van der Waals surface area (Å²) in [5, 5.41) is 3.11. The summed E-state index contributed by atoms with van der Waals surface area (Å²) in [7, 11) is 0. The van der Waals surface area contributed by atoms with Crippen LogP contribution in [-0.2, 0) is 9.59 Å². The third-order valence-corrected chi connectivity index (χ3v) is 5.71. The molecule has 0 spiro atoms. The first-order chi connectivity index (χ1) is 11.7. The van der Waals surface area contributed by atoms with Gasteiger partial charge in [0.05, 0.1) is 12.5 Å². The van der Waals surface area contributed by atoms with Crippen molar-refractivity contribution in [3.8, 4) is 0 Å². The maximum Gasteiger partial charge on any atom is 0.236 e. The second-order valence-electron chi connectivity index (χ2n) is 7.91. The Bertz CT molecular complexity index is 428. The summed E-state index contributed by atoms with van der Waals surface area (Å²) >= 11 is 0. The number of carbonyl (C=O) groups is 2. The average molecular weight is 335 g/mol. The van der Waals surface area contributed by atoms with Gasteiger partial charge in [-0.2, -0.15) is 0 Å². The Kier molecular flexibility index (Phi) is 6.52. The molecule has 3 fully saturated rings. The second kappa shape index (κ2) is 8.84. The van der Waals surface area contributed by atoms with Crippen LogP contribution in [0.1, 0.15) is 57.8 Å². The number of rotatable bonds is 5. The van der Waals surface area contributed by atoms with Gasteiger partial charge in [0.15, 0.2) is 0 Å². The number of hydrogen-bond donors (Lipinski definition) is 1. The van der Waals surface area contributed by atoms with Gasteiger partial charge in [-0.05, 0) is 51.0 Å². The van der Waals surface area contributed by atoms with E-state index in [1.165, 1.54) is 32.1 Å². The number of nitrogens with zero attached hydrogens (tertiary/aromatic N) is 2. The molecule has 0 aromatic heterocycles. The first-order valence-corrected chi connectivity index (χ1v) is 10.0. The summed E-state index contributed by atoms with van der Waals surface area (Å²) < 4.78 is 0. The largest absolute Gasteiger partial charge is 0.356 e. The predicted octanol–water partition coefficient (Wildman–Crippen LogP) is 2.02. The zero-order valence-corrected chi connectivity index (χ0v) is 15.0. The van der Waals surface area contributed by atoms with Gasteiger partial charge in [0.2, 0.25) is 11.8 Å². The molecule has 2 amide bonds. The minimum Gasteiger partial charge on any atom is -0.356 e. The smallest absolute Gasteiger partial charge is 0.236 e. The third kappa shape index (κ3) is 5.47. The molecule has 1 atom stereocenters. The Morgan fingerprint density at radius 3 is 2.29 bits per heavy atom. The first kappa shape index (κ1) is 17.7. The van der Waals surface area contributed by atoms with Gasteiger partial charge in [-0.15, -0.1) is 0 Å². The molecule has 0 aromatic rings. The highest BCUT2D eigenvalue weighted by Gasteiger charge is 2.29. The van der Waals surface area contributed by atoms with E-state index in [2.05, 4.69) is 15.1 Å². The van der Waals surface area contributed by atoms with Gasteiger partial charge in [-0.1, -0.05) is 19.3 Å². The van der Waals surface area contributed by atoms with Crippen LogP contribution in [0, 0.1) is 11.8 Å².